The molecule has 20 heavy (non-hydrogen) atoms. The van der Waals surface area contributed by atoms with Gasteiger partial charge >= 0.3 is 6.09 Å². The van der Waals surface area contributed by atoms with Gasteiger partial charge in [0.15, 0.2) is 0 Å². The molecule has 3 heterocycles. The third-order valence-corrected chi connectivity index (χ3v) is 3.69. The van der Waals surface area contributed by atoms with Crippen molar-refractivity contribution in [3.8, 4) is 0 Å². The van der Waals surface area contributed by atoms with Crippen molar-refractivity contribution in [3.05, 3.63) is 18.5 Å². The highest BCUT2D eigenvalue weighted by Gasteiger charge is 2.38. The second-order valence-corrected chi connectivity index (χ2v) is 4.91. The molecule has 2 saturated heterocycles. The summed E-state index contributed by atoms with van der Waals surface area (Å²) >= 11 is 0. The topological polar surface area (TPSA) is 89.9 Å². The van der Waals surface area contributed by atoms with Gasteiger partial charge in [-0.3, -0.25) is 14.6 Å². The van der Waals surface area contributed by atoms with Crippen molar-refractivity contribution in [3.63, 3.8) is 0 Å². The molecule has 0 bridgehead atoms. The summed E-state index contributed by atoms with van der Waals surface area (Å²) in [4.78, 5) is 36.0. The molecule has 106 valence electrons. The van der Waals surface area contributed by atoms with E-state index in [1.165, 1.54) is 4.90 Å². The fraction of sp³-hybridized carbons (Fsp3) is 0.500. The van der Waals surface area contributed by atoms with Gasteiger partial charge in [-0.15, -0.1) is 0 Å². The number of carbonyl (C=O) groups excluding carboxylic acids is 1. The molecule has 2 amide bonds. The van der Waals surface area contributed by atoms with Crippen LogP contribution in [0.5, 0.6) is 0 Å². The number of carboxylic acid groups (broad SMARTS) is 1. The number of hydrogen-bond acceptors (Lipinski definition) is 5. The Morgan fingerprint density at radius 1 is 1.25 bits per heavy atom. The average Bonchev–Trinajstić information content (AvgIpc) is 2.37. The zero-order valence-electron chi connectivity index (χ0n) is 10.8. The average molecular weight is 277 g/mol. The molecule has 2 fully saturated rings. The molecular formula is C12H15N5O3. The summed E-state index contributed by atoms with van der Waals surface area (Å²) in [5.41, 5.74) is 0. The van der Waals surface area contributed by atoms with Crippen LogP contribution in [0.2, 0.25) is 0 Å². The minimum absolute atomic E-state index is 0.0452. The highest BCUT2D eigenvalue weighted by molar-refractivity contribution is 5.93. The molecule has 0 unspecified atom stereocenters. The van der Waals surface area contributed by atoms with Gasteiger partial charge in [0.25, 0.3) is 0 Å². The maximum absolute atomic E-state index is 12.1. The summed E-state index contributed by atoms with van der Waals surface area (Å²) in [5, 5.41) is 8.81. The van der Waals surface area contributed by atoms with Crippen LogP contribution in [0.3, 0.4) is 0 Å². The Morgan fingerprint density at radius 3 is 2.55 bits per heavy atom. The zero-order valence-corrected chi connectivity index (χ0v) is 10.8. The summed E-state index contributed by atoms with van der Waals surface area (Å²) in [6.45, 7) is 2.49. The van der Waals surface area contributed by atoms with Crippen molar-refractivity contribution in [1.29, 1.82) is 0 Å². The quantitative estimate of drug-likeness (QED) is 0.783. The molecule has 2 aliphatic heterocycles. The van der Waals surface area contributed by atoms with E-state index in [1.54, 1.807) is 23.4 Å². The van der Waals surface area contributed by atoms with Gasteiger partial charge in [0, 0.05) is 44.6 Å². The van der Waals surface area contributed by atoms with Crippen LogP contribution in [0.15, 0.2) is 18.5 Å². The molecule has 0 aromatic carbocycles. The molecule has 0 atom stereocenters. The summed E-state index contributed by atoms with van der Waals surface area (Å²) < 4.78 is 0. The van der Waals surface area contributed by atoms with Crippen LogP contribution in [0.25, 0.3) is 0 Å². The van der Waals surface area contributed by atoms with Crippen LogP contribution in [0.1, 0.15) is 0 Å². The minimum atomic E-state index is -0.899. The van der Waals surface area contributed by atoms with Crippen LogP contribution >= 0.6 is 0 Å². The molecule has 2 aliphatic rings. The molecule has 0 aliphatic carbocycles. The second-order valence-electron chi connectivity index (χ2n) is 4.91. The fourth-order valence-corrected chi connectivity index (χ4v) is 2.49. The molecule has 0 spiro atoms. The minimum Gasteiger partial charge on any atom is -0.465 e. The normalized spacial score (nSPS) is 20.9. The number of aromatic nitrogens is 2. The van der Waals surface area contributed by atoms with Crippen LogP contribution in [0.4, 0.5) is 10.7 Å². The Hall–Kier alpha value is -2.22. The Kier molecular flexibility index (Phi) is 3.23. The Labute approximate surface area is 115 Å². The Balaban J connectivity index is 1.58. The zero-order chi connectivity index (χ0) is 14.1. The monoisotopic (exact) mass is 277 g/mol. The van der Waals surface area contributed by atoms with E-state index in [0.717, 1.165) is 0 Å². The van der Waals surface area contributed by atoms with E-state index in [9.17, 15) is 9.59 Å². The maximum Gasteiger partial charge on any atom is 0.407 e. The van der Waals surface area contributed by atoms with E-state index >= 15 is 0 Å². The van der Waals surface area contributed by atoms with Crippen LogP contribution in [0, 0.1) is 0 Å². The second kappa shape index (κ2) is 5.04. The summed E-state index contributed by atoms with van der Waals surface area (Å²) in [5.74, 6) is 0.383. The lowest BCUT2D eigenvalue weighted by atomic mass is 10.1. The molecular weight excluding hydrogens is 262 g/mol. The van der Waals surface area contributed by atoms with Gasteiger partial charge in [-0.2, -0.15) is 0 Å². The Morgan fingerprint density at radius 2 is 1.95 bits per heavy atom. The van der Waals surface area contributed by atoms with Gasteiger partial charge in [-0.25, -0.2) is 14.8 Å². The van der Waals surface area contributed by atoms with Crippen LogP contribution in [-0.4, -0.2) is 75.6 Å². The van der Waals surface area contributed by atoms with E-state index in [4.69, 9.17) is 5.11 Å². The van der Waals surface area contributed by atoms with Crippen molar-refractivity contribution in [1.82, 2.24) is 19.8 Å². The first-order valence-electron chi connectivity index (χ1n) is 6.44. The number of piperazine rings is 1. The van der Waals surface area contributed by atoms with Crippen LogP contribution < -0.4 is 4.90 Å². The van der Waals surface area contributed by atoms with Gasteiger partial charge in [0.1, 0.15) is 0 Å². The first kappa shape index (κ1) is 12.8. The lowest BCUT2D eigenvalue weighted by Gasteiger charge is -2.46. The molecule has 0 radical (unpaired) electrons. The number of carbonyl (C=O) groups is 2. The standard InChI is InChI=1S/C12H15N5O3/c18-10-8-15(9-6-16(7-9)12(19)20)4-5-17(10)11-13-2-1-3-14-11/h1-3,9H,4-8H2,(H,19,20). The van der Waals surface area contributed by atoms with E-state index in [1.807, 2.05) is 4.90 Å². The summed E-state index contributed by atoms with van der Waals surface area (Å²) in [7, 11) is 0. The SMILES string of the molecule is O=C(O)N1CC(N2CCN(c3ncccn3)C(=O)C2)C1. The van der Waals surface area contributed by atoms with Gasteiger partial charge in [-0.05, 0) is 6.07 Å². The van der Waals surface area contributed by atoms with Crippen molar-refractivity contribution >= 4 is 17.9 Å². The predicted molar refractivity (Wildman–Crippen MR) is 69.3 cm³/mol. The fourth-order valence-electron chi connectivity index (χ4n) is 2.49. The highest BCUT2D eigenvalue weighted by atomic mass is 16.4. The lowest BCUT2D eigenvalue weighted by molar-refractivity contribution is -0.123. The van der Waals surface area contributed by atoms with Crippen molar-refractivity contribution < 1.29 is 14.7 Å². The number of rotatable bonds is 2. The molecule has 8 nitrogen and oxygen atoms in total. The first-order valence-corrected chi connectivity index (χ1v) is 6.44. The van der Waals surface area contributed by atoms with Gasteiger partial charge in [0.05, 0.1) is 6.54 Å². The van der Waals surface area contributed by atoms with Crippen molar-refractivity contribution in [2.75, 3.05) is 37.6 Å². The molecule has 1 aromatic heterocycles. The van der Waals surface area contributed by atoms with Gasteiger partial charge in [0.2, 0.25) is 11.9 Å². The lowest BCUT2D eigenvalue weighted by Crippen LogP contribution is -2.65. The van der Waals surface area contributed by atoms with Crippen molar-refractivity contribution in [2.24, 2.45) is 0 Å². The van der Waals surface area contributed by atoms with E-state index in [0.29, 0.717) is 32.1 Å². The van der Waals surface area contributed by atoms with Gasteiger partial charge < -0.3 is 10.0 Å². The third kappa shape index (κ3) is 2.29. The Bertz CT molecular complexity index is 517. The van der Waals surface area contributed by atoms with Gasteiger partial charge in [-0.1, -0.05) is 0 Å². The molecule has 8 heteroatoms. The smallest absolute Gasteiger partial charge is 0.407 e. The molecule has 0 saturated carbocycles. The van der Waals surface area contributed by atoms with E-state index < -0.39 is 6.09 Å². The largest absolute Gasteiger partial charge is 0.465 e. The van der Waals surface area contributed by atoms with E-state index in [-0.39, 0.29) is 18.5 Å². The van der Waals surface area contributed by atoms with Crippen molar-refractivity contribution in [2.45, 2.75) is 6.04 Å². The molecule has 1 N–H and O–H groups in total. The third-order valence-electron chi connectivity index (χ3n) is 3.69. The summed E-state index contributed by atoms with van der Waals surface area (Å²) in [6, 6.07) is 1.85. The summed E-state index contributed by atoms with van der Waals surface area (Å²) in [6.07, 6.45) is 2.32. The number of nitrogens with zero attached hydrogens (tertiary/aromatic N) is 5. The van der Waals surface area contributed by atoms with E-state index in [2.05, 4.69) is 9.97 Å². The number of likely N-dealkylation sites (tertiary alicyclic amines) is 1. The molecule has 1 aromatic rings. The number of hydrogen-bond donors (Lipinski definition) is 1. The first-order chi connectivity index (χ1) is 9.65. The number of anilines is 1. The molecule has 3 rings (SSSR count). The van der Waals surface area contributed by atoms with Crippen LogP contribution in [-0.2, 0) is 4.79 Å². The highest BCUT2D eigenvalue weighted by Crippen LogP contribution is 2.19. The predicted octanol–water partition coefficient (Wildman–Crippen LogP) is -0.513. The maximum atomic E-state index is 12.1. The number of amides is 2.